The maximum absolute atomic E-state index is 11.5. The quantitative estimate of drug-likeness (QED) is 0.417. The number of amides is 2. The van der Waals surface area contributed by atoms with Gasteiger partial charge in [0.1, 0.15) is 6.04 Å². The highest BCUT2D eigenvalue weighted by Gasteiger charge is 2.20. The molecule has 0 radical (unpaired) electrons. The topological polar surface area (TPSA) is 99.7 Å². The van der Waals surface area contributed by atoms with Crippen molar-refractivity contribution in [1.29, 1.82) is 0 Å². The van der Waals surface area contributed by atoms with E-state index in [1.165, 1.54) is 20.0 Å². The van der Waals surface area contributed by atoms with Gasteiger partial charge in [0.15, 0.2) is 0 Å². The Bertz CT molecular complexity index is 295. The molecule has 1 atom stereocenters. The standard InChI is InChI=1S/C12H23N3O4/c1-19-8-5-10(11(16)17)15-12(18)14-7-2-6-13-9-3-4-9/h9-10,13H,2-8H2,1H3,(H,16,17)(H2,14,15,18). The van der Waals surface area contributed by atoms with Gasteiger partial charge >= 0.3 is 12.0 Å². The van der Waals surface area contributed by atoms with Gasteiger partial charge in [0.25, 0.3) is 0 Å². The fourth-order valence-electron chi connectivity index (χ4n) is 1.59. The third-order valence-corrected chi connectivity index (χ3v) is 2.86. The minimum absolute atomic E-state index is 0.252. The van der Waals surface area contributed by atoms with E-state index < -0.39 is 18.0 Å². The van der Waals surface area contributed by atoms with Crippen molar-refractivity contribution >= 4 is 12.0 Å². The van der Waals surface area contributed by atoms with Gasteiger partial charge in [0.05, 0.1) is 0 Å². The summed E-state index contributed by atoms with van der Waals surface area (Å²) >= 11 is 0. The summed E-state index contributed by atoms with van der Waals surface area (Å²) in [4.78, 5) is 22.4. The van der Waals surface area contributed by atoms with Crippen LogP contribution in [0.25, 0.3) is 0 Å². The lowest BCUT2D eigenvalue weighted by Gasteiger charge is -2.14. The molecule has 1 aliphatic carbocycles. The smallest absolute Gasteiger partial charge is 0.326 e. The predicted octanol–water partition coefficient (Wildman–Crippen LogP) is -0.0826. The van der Waals surface area contributed by atoms with Crippen molar-refractivity contribution in [3.63, 3.8) is 0 Å². The number of hydrogen-bond donors (Lipinski definition) is 4. The minimum atomic E-state index is -1.05. The van der Waals surface area contributed by atoms with E-state index in [4.69, 9.17) is 9.84 Å². The number of urea groups is 1. The van der Waals surface area contributed by atoms with Crippen LogP contribution in [0.3, 0.4) is 0 Å². The van der Waals surface area contributed by atoms with Gasteiger partial charge in [-0.3, -0.25) is 0 Å². The molecule has 1 saturated carbocycles. The minimum Gasteiger partial charge on any atom is -0.480 e. The fourth-order valence-corrected chi connectivity index (χ4v) is 1.59. The summed E-state index contributed by atoms with van der Waals surface area (Å²) in [6, 6.07) is -0.696. The second-order valence-electron chi connectivity index (χ2n) is 4.65. The maximum atomic E-state index is 11.5. The first-order valence-corrected chi connectivity index (χ1v) is 6.63. The molecule has 1 rings (SSSR count). The maximum Gasteiger partial charge on any atom is 0.326 e. The molecule has 0 aromatic heterocycles. The Balaban J connectivity index is 2.06. The lowest BCUT2D eigenvalue weighted by atomic mass is 10.2. The Labute approximate surface area is 113 Å². The van der Waals surface area contributed by atoms with Gasteiger partial charge in [0.2, 0.25) is 0 Å². The molecule has 7 heteroatoms. The third-order valence-electron chi connectivity index (χ3n) is 2.86. The summed E-state index contributed by atoms with van der Waals surface area (Å²) in [6.45, 7) is 1.70. The van der Waals surface area contributed by atoms with Crippen LogP contribution in [0.4, 0.5) is 4.79 Å². The number of hydrogen-bond acceptors (Lipinski definition) is 4. The molecule has 7 nitrogen and oxygen atoms in total. The number of carbonyl (C=O) groups excluding carboxylic acids is 1. The molecular weight excluding hydrogens is 250 g/mol. The highest BCUT2D eigenvalue weighted by molar-refractivity contribution is 5.82. The summed E-state index contributed by atoms with van der Waals surface area (Å²) in [5.41, 5.74) is 0. The molecule has 1 unspecified atom stereocenters. The van der Waals surface area contributed by atoms with Crippen LogP contribution in [0.2, 0.25) is 0 Å². The van der Waals surface area contributed by atoms with Crippen molar-refractivity contribution < 1.29 is 19.4 Å². The molecule has 4 N–H and O–H groups in total. The average Bonchev–Trinajstić information content (AvgIpc) is 3.17. The van der Waals surface area contributed by atoms with Crippen molar-refractivity contribution in [2.45, 2.75) is 37.8 Å². The monoisotopic (exact) mass is 273 g/mol. The number of aliphatic carboxylic acids is 1. The van der Waals surface area contributed by atoms with E-state index in [-0.39, 0.29) is 6.42 Å². The first-order valence-electron chi connectivity index (χ1n) is 6.63. The van der Waals surface area contributed by atoms with Crippen molar-refractivity contribution in [1.82, 2.24) is 16.0 Å². The predicted molar refractivity (Wildman–Crippen MR) is 70.1 cm³/mol. The molecule has 1 fully saturated rings. The zero-order valence-corrected chi connectivity index (χ0v) is 11.3. The zero-order valence-electron chi connectivity index (χ0n) is 11.3. The van der Waals surface area contributed by atoms with Crippen LogP contribution in [-0.2, 0) is 9.53 Å². The van der Waals surface area contributed by atoms with Crippen LogP contribution >= 0.6 is 0 Å². The number of carbonyl (C=O) groups is 2. The van der Waals surface area contributed by atoms with Gasteiger partial charge in [-0.1, -0.05) is 0 Å². The highest BCUT2D eigenvalue weighted by atomic mass is 16.5. The number of methoxy groups -OCH3 is 1. The van der Waals surface area contributed by atoms with Crippen LogP contribution in [0.1, 0.15) is 25.7 Å². The van der Waals surface area contributed by atoms with Crippen molar-refractivity contribution in [2.75, 3.05) is 26.8 Å². The van der Waals surface area contributed by atoms with E-state index >= 15 is 0 Å². The molecule has 0 aromatic carbocycles. The number of rotatable bonds is 10. The van der Waals surface area contributed by atoms with Crippen LogP contribution in [-0.4, -0.2) is 56.0 Å². The summed E-state index contributed by atoms with van der Waals surface area (Å²) in [7, 11) is 1.49. The SMILES string of the molecule is COCCC(NC(=O)NCCCNC1CC1)C(=O)O. The third kappa shape index (κ3) is 7.63. The molecule has 1 aliphatic rings. The number of nitrogens with one attached hydrogen (secondary N) is 3. The van der Waals surface area contributed by atoms with Crippen LogP contribution in [0.15, 0.2) is 0 Å². The number of carboxylic acid groups (broad SMARTS) is 1. The first kappa shape index (κ1) is 15.7. The molecule has 2 amide bonds. The van der Waals surface area contributed by atoms with E-state index in [2.05, 4.69) is 16.0 Å². The number of ether oxygens (including phenoxy) is 1. The molecule has 110 valence electrons. The van der Waals surface area contributed by atoms with Crippen molar-refractivity contribution in [2.24, 2.45) is 0 Å². The Hall–Kier alpha value is -1.34. The number of carboxylic acids is 1. The lowest BCUT2D eigenvalue weighted by molar-refractivity contribution is -0.139. The molecule has 0 heterocycles. The van der Waals surface area contributed by atoms with Gasteiger partial charge in [-0.25, -0.2) is 9.59 Å². The van der Waals surface area contributed by atoms with Gasteiger partial charge in [-0.05, 0) is 25.8 Å². The Kier molecular flexibility index (Phi) is 7.20. The Morgan fingerprint density at radius 3 is 2.68 bits per heavy atom. The van der Waals surface area contributed by atoms with E-state index in [9.17, 15) is 9.59 Å². The van der Waals surface area contributed by atoms with Gasteiger partial charge in [-0.15, -0.1) is 0 Å². The zero-order chi connectivity index (χ0) is 14.1. The lowest BCUT2D eigenvalue weighted by Crippen LogP contribution is -2.46. The van der Waals surface area contributed by atoms with Crippen molar-refractivity contribution in [3.8, 4) is 0 Å². The Morgan fingerprint density at radius 1 is 1.37 bits per heavy atom. The van der Waals surface area contributed by atoms with Gasteiger partial charge in [0, 0.05) is 32.7 Å². The first-order chi connectivity index (χ1) is 9.13. The van der Waals surface area contributed by atoms with Crippen molar-refractivity contribution in [3.05, 3.63) is 0 Å². The summed E-state index contributed by atoms with van der Waals surface area (Å²) in [5, 5.41) is 17.3. The molecule has 0 saturated heterocycles. The van der Waals surface area contributed by atoms with E-state index in [0.717, 1.165) is 13.0 Å². The van der Waals surface area contributed by atoms with Crippen LogP contribution in [0, 0.1) is 0 Å². The molecule has 19 heavy (non-hydrogen) atoms. The summed E-state index contributed by atoms with van der Waals surface area (Å²) < 4.78 is 4.80. The fraction of sp³-hybridized carbons (Fsp3) is 0.833. The molecule has 0 aromatic rings. The summed E-state index contributed by atoms with van der Waals surface area (Å²) in [5.74, 6) is -1.05. The molecule has 0 aliphatic heterocycles. The van der Waals surface area contributed by atoms with E-state index in [1.54, 1.807) is 0 Å². The van der Waals surface area contributed by atoms with Crippen LogP contribution < -0.4 is 16.0 Å². The van der Waals surface area contributed by atoms with E-state index in [0.29, 0.717) is 19.2 Å². The Morgan fingerprint density at radius 2 is 2.11 bits per heavy atom. The van der Waals surface area contributed by atoms with Gasteiger partial charge < -0.3 is 25.8 Å². The largest absolute Gasteiger partial charge is 0.480 e. The van der Waals surface area contributed by atoms with E-state index in [1.807, 2.05) is 0 Å². The van der Waals surface area contributed by atoms with Gasteiger partial charge in [-0.2, -0.15) is 0 Å². The second kappa shape index (κ2) is 8.71. The van der Waals surface area contributed by atoms with Crippen LogP contribution in [0.5, 0.6) is 0 Å². The average molecular weight is 273 g/mol. The molecule has 0 bridgehead atoms. The highest BCUT2D eigenvalue weighted by Crippen LogP contribution is 2.18. The normalized spacial score (nSPS) is 15.8. The molecule has 0 spiro atoms. The summed E-state index contributed by atoms with van der Waals surface area (Å²) in [6.07, 6.45) is 3.57. The second-order valence-corrected chi connectivity index (χ2v) is 4.65. The molecular formula is C12H23N3O4.